The summed E-state index contributed by atoms with van der Waals surface area (Å²) in [6.07, 6.45) is 4.05. The van der Waals surface area contributed by atoms with Crippen LogP contribution < -0.4 is 10.6 Å². The zero-order valence-electron chi connectivity index (χ0n) is 14.6. The van der Waals surface area contributed by atoms with Gasteiger partial charge in [-0.05, 0) is 44.8 Å². The van der Waals surface area contributed by atoms with Gasteiger partial charge in [0.15, 0.2) is 5.96 Å². The highest BCUT2D eigenvalue weighted by atomic mass is 19.1. The van der Waals surface area contributed by atoms with E-state index in [1.807, 2.05) is 18.2 Å². The van der Waals surface area contributed by atoms with E-state index in [2.05, 4.69) is 34.0 Å². The molecule has 2 N–H and O–H groups in total. The van der Waals surface area contributed by atoms with Crippen LogP contribution >= 0.6 is 0 Å². The smallest absolute Gasteiger partial charge is 0.191 e. The second-order valence-electron chi connectivity index (χ2n) is 6.20. The van der Waals surface area contributed by atoms with E-state index in [0.29, 0.717) is 19.0 Å². The van der Waals surface area contributed by atoms with Gasteiger partial charge >= 0.3 is 0 Å². The van der Waals surface area contributed by atoms with E-state index in [1.165, 1.54) is 6.07 Å². The van der Waals surface area contributed by atoms with Gasteiger partial charge in [-0.1, -0.05) is 24.3 Å². The van der Waals surface area contributed by atoms with Crippen LogP contribution in [0.25, 0.3) is 0 Å². The molecule has 24 heavy (non-hydrogen) atoms. The van der Waals surface area contributed by atoms with Crippen molar-refractivity contribution in [3.63, 3.8) is 0 Å². The Labute approximate surface area is 144 Å². The number of aliphatic imine (C=N–C) groups is 1. The molecule has 1 aromatic rings. The van der Waals surface area contributed by atoms with E-state index in [-0.39, 0.29) is 5.82 Å². The fraction of sp³-hybridized carbons (Fsp3) is 0.526. The zero-order chi connectivity index (χ0) is 17.2. The second-order valence-corrected chi connectivity index (χ2v) is 6.20. The van der Waals surface area contributed by atoms with Crippen molar-refractivity contribution in [3.8, 4) is 0 Å². The minimum atomic E-state index is -0.104. The van der Waals surface area contributed by atoms with Crippen molar-refractivity contribution in [1.82, 2.24) is 15.5 Å². The molecule has 0 aromatic heterocycles. The molecular weight excluding hydrogens is 303 g/mol. The molecule has 0 saturated carbocycles. The average Bonchev–Trinajstić information content (AvgIpc) is 2.60. The van der Waals surface area contributed by atoms with Crippen LogP contribution in [0, 0.1) is 11.7 Å². The lowest BCUT2D eigenvalue weighted by molar-refractivity contribution is 0.179. The summed E-state index contributed by atoms with van der Waals surface area (Å²) >= 11 is 0. The summed E-state index contributed by atoms with van der Waals surface area (Å²) in [5, 5.41) is 6.47. The summed E-state index contributed by atoms with van der Waals surface area (Å²) < 4.78 is 13.7. The standard InChI is InChI=1S/C19H29FN4/c1-3-11-22-19(21-4-2)23-14-16-9-12-24(13-10-16)15-17-7-5-6-8-18(17)20/h3,5-8,16H,1,4,9-15H2,2H3,(H2,21,22,23). The Morgan fingerprint density at radius 3 is 2.75 bits per heavy atom. The SMILES string of the molecule is C=CCNC(=NCC1CCN(Cc2ccccc2F)CC1)NCC. The first-order chi connectivity index (χ1) is 11.7. The van der Waals surface area contributed by atoms with Crippen LogP contribution in [0.1, 0.15) is 25.3 Å². The maximum atomic E-state index is 13.7. The number of nitrogens with one attached hydrogen (secondary N) is 2. The molecule has 1 aromatic carbocycles. The normalized spacial score (nSPS) is 16.8. The van der Waals surface area contributed by atoms with E-state index >= 15 is 0 Å². The molecule has 1 aliphatic rings. The molecule has 0 atom stereocenters. The Kier molecular flexibility index (Phi) is 7.75. The maximum absolute atomic E-state index is 13.7. The third-order valence-electron chi connectivity index (χ3n) is 4.32. The van der Waals surface area contributed by atoms with Gasteiger partial charge in [0.05, 0.1) is 0 Å². The first-order valence-corrected chi connectivity index (χ1v) is 8.81. The molecular formula is C19H29FN4. The van der Waals surface area contributed by atoms with Crippen LogP contribution in [0.2, 0.25) is 0 Å². The number of rotatable bonds is 7. The van der Waals surface area contributed by atoms with Crippen LogP contribution in [0.15, 0.2) is 41.9 Å². The number of nitrogens with zero attached hydrogens (tertiary/aromatic N) is 2. The van der Waals surface area contributed by atoms with E-state index in [9.17, 15) is 4.39 Å². The monoisotopic (exact) mass is 332 g/mol. The van der Waals surface area contributed by atoms with Gasteiger partial charge in [-0.3, -0.25) is 9.89 Å². The van der Waals surface area contributed by atoms with E-state index in [4.69, 9.17) is 0 Å². The summed E-state index contributed by atoms with van der Waals surface area (Å²) in [6.45, 7) is 10.9. The van der Waals surface area contributed by atoms with Crippen LogP contribution in [-0.2, 0) is 6.54 Å². The van der Waals surface area contributed by atoms with Crippen molar-refractivity contribution in [2.75, 3.05) is 32.7 Å². The Balaban J connectivity index is 1.77. The van der Waals surface area contributed by atoms with Crippen LogP contribution in [0.5, 0.6) is 0 Å². The molecule has 1 fully saturated rings. The third-order valence-corrected chi connectivity index (χ3v) is 4.32. The van der Waals surface area contributed by atoms with Crippen molar-refractivity contribution in [3.05, 3.63) is 48.3 Å². The van der Waals surface area contributed by atoms with Gasteiger partial charge in [0.1, 0.15) is 5.82 Å². The molecule has 0 unspecified atom stereocenters. The van der Waals surface area contributed by atoms with Crippen LogP contribution in [0.3, 0.4) is 0 Å². The lowest BCUT2D eigenvalue weighted by Gasteiger charge is -2.31. The highest BCUT2D eigenvalue weighted by molar-refractivity contribution is 5.79. The summed E-state index contributed by atoms with van der Waals surface area (Å²) in [5.74, 6) is 1.35. The number of hydrogen-bond donors (Lipinski definition) is 2. The molecule has 0 radical (unpaired) electrons. The zero-order valence-corrected chi connectivity index (χ0v) is 14.6. The van der Waals surface area contributed by atoms with Crippen molar-refractivity contribution in [1.29, 1.82) is 0 Å². The average molecular weight is 332 g/mol. The van der Waals surface area contributed by atoms with Gasteiger partial charge in [0, 0.05) is 31.7 Å². The fourth-order valence-electron chi connectivity index (χ4n) is 2.93. The quantitative estimate of drug-likeness (QED) is 0.458. The molecule has 0 aliphatic carbocycles. The van der Waals surface area contributed by atoms with Gasteiger partial charge < -0.3 is 10.6 Å². The topological polar surface area (TPSA) is 39.7 Å². The lowest BCUT2D eigenvalue weighted by Crippen LogP contribution is -2.38. The number of guanidine groups is 1. The summed E-state index contributed by atoms with van der Waals surface area (Å²) in [6, 6.07) is 7.05. The van der Waals surface area contributed by atoms with E-state index < -0.39 is 0 Å². The Morgan fingerprint density at radius 1 is 1.33 bits per heavy atom. The van der Waals surface area contributed by atoms with Gasteiger partial charge in [-0.15, -0.1) is 6.58 Å². The van der Waals surface area contributed by atoms with Crippen molar-refractivity contribution in [2.45, 2.75) is 26.3 Å². The molecule has 2 rings (SSSR count). The van der Waals surface area contributed by atoms with Gasteiger partial charge in [-0.25, -0.2) is 4.39 Å². The predicted octanol–water partition coefficient (Wildman–Crippen LogP) is 2.78. The predicted molar refractivity (Wildman–Crippen MR) is 98.6 cm³/mol. The largest absolute Gasteiger partial charge is 0.357 e. The Hall–Kier alpha value is -1.88. The molecule has 0 amide bonds. The van der Waals surface area contributed by atoms with E-state index in [0.717, 1.165) is 50.5 Å². The highest BCUT2D eigenvalue weighted by Gasteiger charge is 2.19. The molecule has 0 spiro atoms. The number of halogens is 1. The molecule has 5 heteroatoms. The lowest BCUT2D eigenvalue weighted by atomic mass is 9.96. The minimum Gasteiger partial charge on any atom is -0.357 e. The molecule has 0 bridgehead atoms. The first kappa shape index (κ1) is 18.5. The molecule has 1 aliphatic heterocycles. The number of piperidine rings is 1. The molecule has 1 saturated heterocycles. The van der Waals surface area contributed by atoms with Crippen LogP contribution in [0.4, 0.5) is 4.39 Å². The van der Waals surface area contributed by atoms with Crippen molar-refractivity contribution in [2.24, 2.45) is 10.9 Å². The van der Waals surface area contributed by atoms with Gasteiger partial charge in [0.2, 0.25) is 0 Å². The van der Waals surface area contributed by atoms with E-state index in [1.54, 1.807) is 6.07 Å². The summed E-state index contributed by atoms with van der Waals surface area (Å²) in [7, 11) is 0. The molecule has 132 valence electrons. The molecule has 1 heterocycles. The van der Waals surface area contributed by atoms with Gasteiger partial charge in [-0.2, -0.15) is 0 Å². The van der Waals surface area contributed by atoms with Crippen LogP contribution in [-0.4, -0.2) is 43.6 Å². The minimum absolute atomic E-state index is 0.104. The number of benzene rings is 1. The van der Waals surface area contributed by atoms with Gasteiger partial charge in [0.25, 0.3) is 0 Å². The second kappa shape index (κ2) is 10.1. The highest BCUT2D eigenvalue weighted by Crippen LogP contribution is 2.20. The summed E-state index contributed by atoms with van der Waals surface area (Å²) in [4.78, 5) is 7.00. The van der Waals surface area contributed by atoms with Crippen molar-refractivity contribution < 1.29 is 4.39 Å². The third kappa shape index (κ3) is 5.96. The Morgan fingerprint density at radius 2 is 2.08 bits per heavy atom. The van der Waals surface area contributed by atoms with Crippen molar-refractivity contribution >= 4 is 5.96 Å². The molecule has 4 nitrogen and oxygen atoms in total. The maximum Gasteiger partial charge on any atom is 0.191 e. The fourth-order valence-corrected chi connectivity index (χ4v) is 2.93. The number of hydrogen-bond acceptors (Lipinski definition) is 2. The summed E-state index contributed by atoms with van der Waals surface area (Å²) in [5.41, 5.74) is 0.789. The Bertz CT molecular complexity index is 536. The number of likely N-dealkylation sites (tertiary alicyclic amines) is 1. The first-order valence-electron chi connectivity index (χ1n) is 8.81.